The van der Waals surface area contributed by atoms with Gasteiger partial charge in [-0.1, -0.05) is 59.9 Å². The fourth-order valence-corrected chi connectivity index (χ4v) is 4.25. The lowest BCUT2D eigenvalue weighted by atomic mass is 10.2. The molecule has 0 bridgehead atoms. The van der Waals surface area contributed by atoms with Gasteiger partial charge in [0.2, 0.25) is 0 Å². The summed E-state index contributed by atoms with van der Waals surface area (Å²) in [5.74, 6) is 1.25. The van der Waals surface area contributed by atoms with Gasteiger partial charge in [0.05, 0.1) is 22.7 Å². The van der Waals surface area contributed by atoms with Crippen molar-refractivity contribution in [3.63, 3.8) is 0 Å². The second-order valence-electron chi connectivity index (χ2n) is 6.26. The molecule has 0 saturated heterocycles. The molecule has 0 fully saturated rings. The molecule has 5 nitrogen and oxygen atoms in total. The first-order chi connectivity index (χ1) is 13.8. The number of hydrogen-bond donors (Lipinski definition) is 0. The van der Waals surface area contributed by atoms with Crippen LogP contribution < -0.4 is 10.3 Å². The number of benzene rings is 3. The molecule has 28 heavy (non-hydrogen) atoms. The largest absolute Gasteiger partial charge is 0.494 e. The van der Waals surface area contributed by atoms with E-state index in [4.69, 9.17) is 14.7 Å². The maximum atomic E-state index is 13.4. The van der Waals surface area contributed by atoms with Crippen molar-refractivity contribution in [1.82, 2.24) is 14.5 Å². The molecular weight excluding hydrogens is 370 g/mol. The van der Waals surface area contributed by atoms with Gasteiger partial charge in [0.15, 0.2) is 5.13 Å². The van der Waals surface area contributed by atoms with Crippen LogP contribution in [0.1, 0.15) is 0 Å². The molecule has 0 radical (unpaired) electrons. The number of nitrogens with zero attached hydrogens (tertiary/aromatic N) is 3. The highest BCUT2D eigenvalue weighted by Crippen LogP contribution is 2.32. The molecule has 3 aromatic carbocycles. The van der Waals surface area contributed by atoms with Crippen LogP contribution in [0.5, 0.6) is 5.75 Å². The molecule has 2 aromatic heterocycles. The van der Waals surface area contributed by atoms with E-state index in [9.17, 15) is 4.79 Å². The minimum absolute atomic E-state index is 0.137. The molecule has 5 rings (SSSR count). The minimum Gasteiger partial charge on any atom is -0.494 e. The van der Waals surface area contributed by atoms with Crippen molar-refractivity contribution in [2.45, 2.75) is 0 Å². The first kappa shape index (κ1) is 16.6. The van der Waals surface area contributed by atoms with E-state index < -0.39 is 0 Å². The van der Waals surface area contributed by atoms with E-state index in [1.807, 2.05) is 66.7 Å². The Balaban J connectivity index is 1.88. The Morgan fingerprint density at radius 3 is 2.50 bits per heavy atom. The van der Waals surface area contributed by atoms with Crippen molar-refractivity contribution in [2.24, 2.45) is 0 Å². The van der Waals surface area contributed by atoms with E-state index >= 15 is 0 Å². The summed E-state index contributed by atoms with van der Waals surface area (Å²) in [7, 11) is 1.62. The zero-order chi connectivity index (χ0) is 19.1. The lowest BCUT2D eigenvalue weighted by Crippen LogP contribution is -2.21. The molecule has 0 spiro atoms. The predicted octanol–water partition coefficient (Wildman–Crippen LogP) is 4.67. The van der Waals surface area contributed by atoms with Gasteiger partial charge < -0.3 is 4.74 Å². The molecule has 0 aliphatic heterocycles. The van der Waals surface area contributed by atoms with Crippen molar-refractivity contribution < 1.29 is 4.74 Å². The van der Waals surface area contributed by atoms with Crippen molar-refractivity contribution in [3.05, 3.63) is 83.2 Å². The number of para-hydroxylation sites is 2. The summed E-state index contributed by atoms with van der Waals surface area (Å²) in [4.78, 5) is 22.9. The molecule has 0 aliphatic rings. The van der Waals surface area contributed by atoms with Crippen molar-refractivity contribution in [2.75, 3.05) is 7.11 Å². The fourth-order valence-electron chi connectivity index (χ4n) is 3.26. The average Bonchev–Trinajstić information content (AvgIpc) is 3.18. The van der Waals surface area contributed by atoms with E-state index in [1.54, 1.807) is 17.7 Å². The van der Waals surface area contributed by atoms with Gasteiger partial charge in [-0.3, -0.25) is 4.79 Å². The molecule has 2 heterocycles. The number of hydrogen-bond acceptors (Lipinski definition) is 5. The first-order valence-electron chi connectivity index (χ1n) is 8.77. The molecular formula is C22H15N3O2S. The number of rotatable bonds is 3. The second kappa shape index (κ2) is 6.58. The third-order valence-electron chi connectivity index (χ3n) is 4.59. The van der Waals surface area contributed by atoms with Crippen LogP contribution in [0.25, 0.3) is 37.6 Å². The number of aromatic nitrogens is 3. The number of fused-ring (bicyclic) bond motifs is 2. The molecule has 0 atom stereocenters. The van der Waals surface area contributed by atoms with Crippen LogP contribution in [0.3, 0.4) is 0 Å². The zero-order valence-corrected chi connectivity index (χ0v) is 15.8. The Morgan fingerprint density at radius 2 is 1.68 bits per heavy atom. The summed E-state index contributed by atoms with van der Waals surface area (Å²) in [6.07, 6.45) is 0. The summed E-state index contributed by atoms with van der Waals surface area (Å²) in [6, 6.07) is 22.8. The summed E-state index contributed by atoms with van der Waals surface area (Å²) in [6.45, 7) is 0. The van der Waals surface area contributed by atoms with Crippen LogP contribution in [-0.4, -0.2) is 21.6 Å². The Kier molecular flexibility index (Phi) is 3.91. The quantitative estimate of drug-likeness (QED) is 0.453. The Morgan fingerprint density at radius 1 is 0.893 bits per heavy atom. The molecule has 0 N–H and O–H groups in total. The number of ether oxygens (including phenoxy) is 1. The van der Waals surface area contributed by atoms with Crippen LogP contribution in [0.4, 0.5) is 0 Å². The SMILES string of the molecule is COc1cccc2sc(-n3c(-c4ccccc4)nc4ccccc4c3=O)nc12. The molecule has 0 saturated carbocycles. The number of methoxy groups -OCH3 is 1. The zero-order valence-electron chi connectivity index (χ0n) is 15.0. The van der Waals surface area contributed by atoms with Crippen molar-refractivity contribution >= 4 is 32.5 Å². The Bertz CT molecular complexity index is 1370. The van der Waals surface area contributed by atoms with E-state index in [0.717, 1.165) is 15.8 Å². The minimum atomic E-state index is -0.137. The standard InChI is InChI=1S/C22H15N3O2S/c1-27-17-12-7-13-18-19(17)24-22(28-18)25-20(14-8-3-2-4-9-14)23-16-11-6-5-10-15(16)21(25)26/h2-13H,1H3. The summed E-state index contributed by atoms with van der Waals surface area (Å²) in [5.41, 5.74) is 2.13. The third-order valence-corrected chi connectivity index (χ3v) is 5.60. The van der Waals surface area contributed by atoms with E-state index in [0.29, 0.717) is 27.6 Å². The van der Waals surface area contributed by atoms with Crippen LogP contribution in [0, 0.1) is 0 Å². The molecule has 0 aliphatic carbocycles. The van der Waals surface area contributed by atoms with Crippen LogP contribution in [-0.2, 0) is 0 Å². The molecule has 5 aromatic rings. The molecule has 0 amide bonds. The molecule has 136 valence electrons. The maximum absolute atomic E-state index is 13.4. The van der Waals surface area contributed by atoms with Gasteiger partial charge in [-0.15, -0.1) is 0 Å². The van der Waals surface area contributed by atoms with Crippen LogP contribution >= 0.6 is 11.3 Å². The fraction of sp³-hybridized carbons (Fsp3) is 0.0455. The summed E-state index contributed by atoms with van der Waals surface area (Å²) >= 11 is 1.44. The van der Waals surface area contributed by atoms with E-state index in [2.05, 4.69) is 0 Å². The predicted molar refractivity (Wildman–Crippen MR) is 113 cm³/mol. The lowest BCUT2D eigenvalue weighted by Gasteiger charge is -2.11. The Hall–Kier alpha value is -3.51. The van der Waals surface area contributed by atoms with Gasteiger partial charge in [0.1, 0.15) is 17.1 Å². The van der Waals surface area contributed by atoms with Crippen molar-refractivity contribution in [3.8, 4) is 22.3 Å². The first-order valence-corrected chi connectivity index (χ1v) is 9.59. The topological polar surface area (TPSA) is 57.0 Å². The van der Waals surface area contributed by atoms with Gasteiger partial charge in [0, 0.05) is 5.56 Å². The lowest BCUT2D eigenvalue weighted by molar-refractivity contribution is 0.419. The maximum Gasteiger partial charge on any atom is 0.268 e. The monoisotopic (exact) mass is 385 g/mol. The van der Waals surface area contributed by atoms with Gasteiger partial charge in [0.25, 0.3) is 5.56 Å². The highest BCUT2D eigenvalue weighted by molar-refractivity contribution is 7.20. The average molecular weight is 385 g/mol. The summed E-state index contributed by atoms with van der Waals surface area (Å²) in [5, 5.41) is 1.13. The van der Waals surface area contributed by atoms with Gasteiger partial charge in [-0.05, 0) is 24.3 Å². The van der Waals surface area contributed by atoms with Gasteiger partial charge in [-0.2, -0.15) is 0 Å². The van der Waals surface area contributed by atoms with E-state index in [1.165, 1.54) is 11.3 Å². The number of thiazole rings is 1. The highest BCUT2D eigenvalue weighted by Gasteiger charge is 2.18. The van der Waals surface area contributed by atoms with E-state index in [-0.39, 0.29) is 5.56 Å². The molecule has 0 unspecified atom stereocenters. The molecule has 6 heteroatoms. The highest BCUT2D eigenvalue weighted by atomic mass is 32.1. The van der Waals surface area contributed by atoms with Crippen LogP contribution in [0.2, 0.25) is 0 Å². The normalized spacial score (nSPS) is 11.2. The Labute approximate surface area is 164 Å². The summed E-state index contributed by atoms with van der Waals surface area (Å²) < 4.78 is 7.98. The van der Waals surface area contributed by atoms with Crippen molar-refractivity contribution in [1.29, 1.82) is 0 Å². The second-order valence-corrected chi connectivity index (χ2v) is 7.27. The van der Waals surface area contributed by atoms with Crippen LogP contribution in [0.15, 0.2) is 77.6 Å². The van der Waals surface area contributed by atoms with Gasteiger partial charge in [-0.25, -0.2) is 14.5 Å². The van der Waals surface area contributed by atoms with Gasteiger partial charge >= 0.3 is 0 Å². The smallest absolute Gasteiger partial charge is 0.268 e. The third kappa shape index (κ3) is 2.58.